The number of nitrogens with zero attached hydrogens (tertiary/aromatic N) is 1. The van der Waals surface area contributed by atoms with Gasteiger partial charge in [-0.3, -0.25) is 4.79 Å². The molecule has 0 aromatic carbocycles. The highest BCUT2D eigenvalue weighted by Gasteiger charge is 2.37. The Balaban J connectivity index is 3.78. The van der Waals surface area contributed by atoms with E-state index in [1.807, 2.05) is 0 Å². The maximum atomic E-state index is 12.7. The zero-order chi connectivity index (χ0) is 33.1. The lowest BCUT2D eigenvalue weighted by atomic mass is 10.1. The van der Waals surface area contributed by atoms with Crippen LogP contribution in [0.1, 0.15) is 149 Å². The Morgan fingerprint density at radius 3 is 1.73 bits per heavy atom. The number of allylic oxidation sites excluding steroid dienone is 2. The lowest BCUT2D eigenvalue weighted by Crippen LogP contribution is -2.51. The van der Waals surface area contributed by atoms with Crippen LogP contribution in [0.5, 0.6) is 0 Å². The van der Waals surface area contributed by atoms with Crippen molar-refractivity contribution in [3.8, 4) is 0 Å². The molecule has 3 atom stereocenters. The molecule has 0 aliphatic heterocycles. The van der Waals surface area contributed by atoms with Gasteiger partial charge in [-0.05, 0) is 32.1 Å². The molecule has 0 heterocycles. The van der Waals surface area contributed by atoms with Crippen LogP contribution in [0.15, 0.2) is 12.2 Å². The molecule has 0 amide bonds. The van der Waals surface area contributed by atoms with Crippen molar-refractivity contribution in [2.45, 2.75) is 167 Å². The van der Waals surface area contributed by atoms with Gasteiger partial charge in [0.2, 0.25) is 0 Å². The predicted molar refractivity (Wildman–Crippen MR) is 177 cm³/mol. The Kier molecular flexibility index (Phi) is 26.8. The lowest BCUT2D eigenvalue weighted by Gasteiger charge is -2.43. The van der Waals surface area contributed by atoms with Crippen molar-refractivity contribution in [1.29, 1.82) is 0 Å². The van der Waals surface area contributed by atoms with E-state index in [9.17, 15) is 19.4 Å². The third-order valence-corrected chi connectivity index (χ3v) is 10.5. The van der Waals surface area contributed by atoms with E-state index in [1.54, 1.807) is 21.0 Å². The number of hydrogen-bond donors (Lipinski definition) is 3. The first-order chi connectivity index (χ1) is 21.0. The van der Waals surface area contributed by atoms with Gasteiger partial charge < -0.3 is 38.5 Å². The average Bonchev–Trinajstić information content (AvgIpc) is 2.97. The molecule has 44 heavy (non-hydrogen) atoms. The van der Waals surface area contributed by atoms with E-state index < -0.39 is 38.3 Å². The van der Waals surface area contributed by atoms with E-state index >= 15 is 0 Å². The number of carbonyl (C=O) groups excluding carboxylic acids is 1. The third kappa shape index (κ3) is 24.4. The summed E-state index contributed by atoms with van der Waals surface area (Å²) < 4.78 is 22.9. The lowest BCUT2D eigenvalue weighted by molar-refractivity contribution is -0.904. The van der Waals surface area contributed by atoms with Crippen LogP contribution in [0.3, 0.4) is 0 Å². The highest BCUT2D eigenvalue weighted by atomic mass is 31.2. The summed E-state index contributed by atoms with van der Waals surface area (Å²) in [6.45, 7) is 3.38. The molecule has 0 aromatic heterocycles. The SMILES string of the molecule is CCCCCCCCCCCC/C=C\CCCCCCCCC(=O)OC[C@@H](O)COP(=O)([O-])C(CC)[N+](C)(C)CCC(O)O. The molecule has 2 unspecified atom stereocenters. The van der Waals surface area contributed by atoms with Crippen molar-refractivity contribution in [2.75, 3.05) is 33.9 Å². The third-order valence-electron chi connectivity index (χ3n) is 8.28. The van der Waals surface area contributed by atoms with Gasteiger partial charge in [-0.2, -0.15) is 0 Å². The Morgan fingerprint density at radius 1 is 0.773 bits per heavy atom. The fraction of sp³-hybridized carbons (Fsp3) is 0.912. The largest absolute Gasteiger partial charge is 0.774 e. The van der Waals surface area contributed by atoms with Crippen LogP contribution in [0.4, 0.5) is 0 Å². The fourth-order valence-electron chi connectivity index (χ4n) is 5.51. The van der Waals surface area contributed by atoms with Crippen molar-refractivity contribution in [3.63, 3.8) is 0 Å². The van der Waals surface area contributed by atoms with Gasteiger partial charge in [0.15, 0.2) is 19.7 Å². The molecule has 0 fully saturated rings. The van der Waals surface area contributed by atoms with E-state index in [2.05, 4.69) is 19.1 Å². The monoisotopic (exact) mass is 649 g/mol. The van der Waals surface area contributed by atoms with E-state index in [0.717, 1.165) is 32.1 Å². The molecule has 0 aliphatic rings. The van der Waals surface area contributed by atoms with Crippen LogP contribution >= 0.6 is 7.60 Å². The molecule has 0 rings (SSSR count). The number of esters is 1. The Hall–Kier alpha value is -0.800. The van der Waals surface area contributed by atoms with Gasteiger partial charge in [0.05, 0.1) is 27.2 Å². The maximum Gasteiger partial charge on any atom is 0.305 e. The first-order valence-electron chi connectivity index (χ1n) is 17.6. The van der Waals surface area contributed by atoms with Crippen molar-refractivity contribution >= 4 is 13.6 Å². The van der Waals surface area contributed by atoms with Crippen LogP contribution in [-0.4, -0.2) is 77.8 Å². The van der Waals surface area contributed by atoms with E-state index in [0.29, 0.717) is 0 Å². The Bertz CT molecular complexity index is 762. The maximum absolute atomic E-state index is 12.7. The second kappa shape index (κ2) is 27.3. The van der Waals surface area contributed by atoms with E-state index in [-0.39, 0.29) is 36.9 Å². The second-order valence-corrected chi connectivity index (χ2v) is 14.9. The number of rotatable bonds is 31. The molecule has 3 N–H and O–H groups in total. The number of carbonyl (C=O) groups is 1. The second-order valence-electron chi connectivity index (χ2n) is 12.9. The highest BCUT2D eigenvalue weighted by Crippen LogP contribution is 2.48. The summed E-state index contributed by atoms with van der Waals surface area (Å²) in [5, 5.41) is 28.4. The summed E-state index contributed by atoms with van der Waals surface area (Å²) in [5.74, 6) is -1.32. The van der Waals surface area contributed by atoms with Crippen molar-refractivity contribution < 1.29 is 43.3 Å². The van der Waals surface area contributed by atoms with Crippen LogP contribution in [-0.2, 0) is 18.6 Å². The molecular weight excluding hydrogens is 581 g/mol. The molecule has 0 spiro atoms. The summed E-state index contributed by atoms with van der Waals surface area (Å²) in [5.41, 5.74) is 0. The molecule has 0 saturated carbocycles. The summed E-state index contributed by atoms with van der Waals surface area (Å²) in [6.07, 6.45) is 24.9. The molecule has 0 bridgehead atoms. The van der Waals surface area contributed by atoms with Gasteiger partial charge in [0.25, 0.3) is 0 Å². The number of aliphatic hydroxyl groups excluding tert-OH is 2. The summed E-state index contributed by atoms with van der Waals surface area (Å²) in [6, 6.07) is 0. The molecule has 0 radical (unpaired) electrons. The van der Waals surface area contributed by atoms with Gasteiger partial charge in [-0.1, -0.05) is 109 Å². The fourth-order valence-corrected chi connectivity index (χ4v) is 7.39. The summed E-state index contributed by atoms with van der Waals surface area (Å²) >= 11 is 0. The van der Waals surface area contributed by atoms with Gasteiger partial charge in [0.1, 0.15) is 12.7 Å². The van der Waals surface area contributed by atoms with Crippen molar-refractivity contribution in [3.05, 3.63) is 12.2 Å². The predicted octanol–water partition coefficient (Wildman–Crippen LogP) is 6.96. The zero-order valence-electron chi connectivity index (χ0n) is 28.6. The highest BCUT2D eigenvalue weighted by molar-refractivity contribution is 7.51. The van der Waals surface area contributed by atoms with Gasteiger partial charge >= 0.3 is 5.97 Å². The van der Waals surface area contributed by atoms with Crippen LogP contribution in [0, 0.1) is 0 Å². The first-order valence-corrected chi connectivity index (χ1v) is 19.2. The Labute approximate surface area is 269 Å². The minimum atomic E-state index is -4.38. The van der Waals surface area contributed by atoms with E-state index in [4.69, 9.17) is 19.5 Å². The van der Waals surface area contributed by atoms with Crippen molar-refractivity contribution in [2.24, 2.45) is 0 Å². The minimum Gasteiger partial charge on any atom is -0.774 e. The van der Waals surface area contributed by atoms with Crippen LogP contribution in [0.2, 0.25) is 0 Å². The van der Waals surface area contributed by atoms with Crippen LogP contribution in [0.25, 0.3) is 0 Å². The topological polar surface area (TPSA) is 136 Å². The number of unbranched alkanes of at least 4 members (excludes halogenated alkanes) is 16. The summed E-state index contributed by atoms with van der Waals surface area (Å²) in [7, 11) is -1.02. The first kappa shape index (κ1) is 43.2. The average molecular weight is 650 g/mol. The minimum absolute atomic E-state index is 0.00347. The standard InChI is InChI=1S/C34H68NO8P/c1-5-7-8-9-10-11-12-13-14-15-16-17-18-19-20-21-22-23-24-25-26-34(39)42-29-31(36)30-43-44(40,41)32(6-2)35(3,4)28-27-33(37)38/h17-18,31-33,36-38H,5-16,19-30H2,1-4H3/b18-17-/t31-,32?/m1/s1. The number of ether oxygens (including phenoxy) is 1. The number of quaternary nitrogens is 1. The van der Waals surface area contributed by atoms with E-state index in [1.165, 1.54) is 83.5 Å². The molecule has 0 saturated heterocycles. The molecule has 10 heteroatoms. The number of hydrogen-bond acceptors (Lipinski definition) is 8. The molecule has 0 aliphatic carbocycles. The number of aliphatic hydroxyl groups is 3. The summed E-state index contributed by atoms with van der Waals surface area (Å²) in [4.78, 5) is 24.8. The molecule has 9 nitrogen and oxygen atoms in total. The molecule has 262 valence electrons. The smallest absolute Gasteiger partial charge is 0.305 e. The Morgan fingerprint density at radius 2 is 1.25 bits per heavy atom. The van der Waals surface area contributed by atoms with Gasteiger partial charge in [-0.25, -0.2) is 0 Å². The molecule has 0 aromatic rings. The van der Waals surface area contributed by atoms with Gasteiger partial charge in [-0.15, -0.1) is 0 Å². The normalized spacial score (nSPS) is 15.1. The molecular formula is C34H68NO8P. The van der Waals surface area contributed by atoms with Gasteiger partial charge in [0, 0.05) is 19.3 Å². The quantitative estimate of drug-likeness (QED) is 0.0183. The van der Waals surface area contributed by atoms with Crippen molar-refractivity contribution in [1.82, 2.24) is 0 Å². The zero-order valence-corrected chi connectivity index (χ0v) is 29.5. The van der Waals surface area contributed by atoms with Crippen LogP contribution < -0.4 is 4.89 Å².